The van der Waals surface area contributed by atoms with Gasteiger partial charge in [0.25, 0.3) is 0 Å². The van der Waals surface area contributed by atoms with Gasteiger partial charge in [-0.15, -0.1) is 0 Å². The summed E-state index contributed by atoms with van der Waals surface area (Å²) in [7, 11) is -4.36. The Morgan fingerprint density at radius 1 is 0.976 bits per heavy atom. The minimum absolute atomic E-state index is 0.0570. The van der Waals surface area contributed by atoms with Gasteiger partial charge in [-0.2, -0.15) is 0 Å². The molecule has 0 aliphatic carbocycles. The number of para-hydroxylation sites is 1. The van der Waals surface area contributed by atoms with Crippen molar-refractivity contribution in [2.75, 3.05) is 4.90 Å². The first-order valence-corrected chi connectivity index (χ1v) is 15.6. The van der Waals surface area contributed by atoms with E-state index in [4.69, 9.17) is 12.2 Å². The van der Waals surface area contributed by atoms with Crippen LogP contribution in [0.4, 0.5) is 10.1 Å². The van der Waals surface area contributed by atoms with Crippen LogP contribution in [0.3, 0.4) is 0 Å². The molecule has 0 saturated carbocycles. The average molecular weight is 607 g/mol. The number of aliphatic hydroxyl groups excluding tert-OH is 1. The second-order valence-electron chi connectivity index (χ2n) is 10.8. The maximum atomic E-state index is 13.3. The SMILES string of the molecule is C[C@]1(CCC[C@@H](O)c2ccc(F)cc2)NC(=S)N(c2ccccc2)[C@@H]1c1ccc(-c2ccc(P(=O)(O)O)cc2)cc1O. The summed E-state index contributed by atoms with van der Waals surface area (Å²) < 4.78 is 24.9. The first-order chi connectivity index (χ1) is 20.0. The Bertz CT molecular complexity index is 1610. The van der Waals surface area contributed by atoms with Crippen LogP contribution in [0.5, 0.6) is 5.75 Å². The number of aliphatic hydroxyl groups is 1. The number of hydrogen-bond donors (Lipinski definition) is 5. The van der Waals surface area contributed by atoms with Gasteiger partial charge in [0.2, 0.25) is 0 Å². The van der Waals surface area contributed by atoms with E-state index >= 15 is 0 Å². The Morgan fingerprint density at radius 2 is 1.62 bits per heavy atom. The molecule has 5 rings (SSSR count). The highest BCUT2D eigenvalue weighted by molar-refractivity contribution is 7.80. The molecule has 1 fully saturated rings. The molecule has 7 nitrogen and oxygen atoms in total. The van der Waals surface area contributed by atoms with E-state index < -0.39 is 19.2 Å². The molecule has 0 radical (unpaired) electrons. The van der Waals surface area contributed by atoms with E-state index in [1.165, 1.54) is 24.3 Å². The van der Waals surface area contributed by atoms with Crippen LogP contribution in [0, 0.1) is 5.82 Å². The van der Waals surface area contributed by atoms with Crippen LogP contribution in [-0.4, -0.2) is 30.7 Å². The first kappa shape index (κ1) is 29.9. The quantitative estimate of drug-likeness (QED) is 0.115. The average Bonchev–Trinajstić information content (AvgIpc) is 3.22. The number of phenolic OH excluding ortho intramolecular Hbond substituents is 1. The van der Waals surface area contributed by atoms with Crippen LogP contribution in [0.15, 0.2) is 97.1 Å². The van der Waals surface area contributed by atoms with E-state index in [2.05, 4.69) is 5.32 Å². The number of phenols is 1. The lowest BCUT2D eigenvalue weighted by Crippen LogP contribution is -2.42. The molecule has 4 aromatic rings. The van der Waals surface area contributed by atoms with Crippen LogP contribution in [0.2, 0.25) is 0 Å². The lowest BCUT2D eigenvalue weighted by atomic mass is 9.82. The Balaban J connectivity index is 1.44. The Kier molecular flexibility index (Phi) is 8.51. The molecule has 1 aliphatic heterocycles. The number of nitrogens with one attached hydrogen (secondary N) is 1. The molecule has 218 valence electrons. The Hall–Kier alpha value is -3.59. The van der Waals surface area contributed by atoms with E-state index in [0.717, 1.165) is 5.69 Å². The monoisotopic (exact) mass is 606 g/mol. The van der Waals surface area contributed by atoms with Crippen LogP contribution in [-0.2, 0) is 4.57 Å². The molecule has 0 spiro atoms. The zero-order valence-electron chi connectivity index (χ0n) is 22.9. The largest absolute Gasteiger partial charge is 0.508 e. The molecule has 3 atom stereocenters. The summed E-state index contributed by atoms with van der Waals surface area (Å²) in [5.41, 5.74) is 2.96. The number of halogens is 1. The predicted octanol–water partition coefficient (Wildman–Crippen LogP) is 6.10. The normalized spacial score (nSPS) is 19.5. The minimum Gasteiger partial charge on any atom is -0.508 e. The van der Waals surface area contributed by atoms with Crippen molar-refractivity contribution in [1.82, 2.24) is 5.32 Å². The van der Waals surface area contributed by atoms with Crippen molar-refractivity contribution in [2.24, 2.45) is 0 Å². The minimum atomic E-state index is -4.36. The number of thiocarbonyl (C=S) groups is 1. The van der Waals surface area contributed by atoms with Gasteiger partial charge >= 0.3 is 7.60 Å². The van der Waals surface area contributed by atoms with E-state index in [9.17, 15) is 29.0 Å². The van der Waals surface area contributed by atoms with Crippen molar-refractivity contribution in [3.63, 3.8) is 0 Å². The molecule has 42 heavy (non-hydrogen) atoms. The van der Waals surface area contributed by atoms with Crippen LogP contribution < -0.4 is 15.5 Å². The third-order valence-electron chi connectivity index (χ3n) is 7.80. The molecule has 0 bridgehead atoms. The van der Waals surface area contributed by atoms with Gasteiger partial charge in [-0.1, -0.05) is 54.6 Å². The Morgan fingerprint density at radius 3 is 2.24 bits per heavy atom. The third-order valence-corrected chi connectivity index (χ3v) is 9.07. The number of aromatic hydroxyl groups is 1. The van der Waals surface area contributed by atoms with E-state index in [1.807, 2.05) is 54.3 Å². The lowest BCUT2D eigenvalue weighted by molar-refractivity contribution is 0.158. The van der Waals surface area contributed by atoms with Crippen LogP contribution >= 0.6 is 19.8 Å². The van der Waals surface area contributed by atoms with Crippen molar-refractivity contribution in [1.29, 1.82) is 0 Å². The summed E-state index contributed by atoms with van der Waals surface area (Å²) in [6.07, 6.45) is 0.971. The molecular weight excluding hydrogens is 574 g/mol. The summed E-state index contributed by atoms with van der Waals surface area (Å²) >= 11 is 5.81. The summed E-state index contributed by atoms with van der Waals surface area (Å²) in [6, 6.07) is 26.5. The third kappa shape index (κ3) is 6.26. The Labute approximate surface area is 249 Å². The maximum Gasteiger partial charge on any atom is 0.356 e. The van der Waals surface area contributed by atoms with Gasteiger partial charge in [0.05, 0.1) is 23.0 Å². The highest BCUT2D eigenvalue weighted by Crippen LogP contribution is 2.46. The molecule has 1 heterocycles. The second kappa shape index (κ2) is 12.0. The van der Waals surface area contributed by atoms with Crippen molar-refractivity contribution in [2.45, 2.75) is 43.9 Å². The zero-order valence-corrected chi connectivity index (χ0v) is 24.6. The fourth-order valence-electron chi connectivity index (χ4n) is 5.63. The smallest absolute Gasteiger partial charge is 0.356 e. The summed E-state index contributed by atoms with van der Waals surface area (Å²) in [5, 5.41) is 26.0. The molecule has 1 saturated heterocycles. The van der Waals surface area contributed by atoms with Crippen molar-refractivity contribution < 1.29 is 29.0 Å². The predicted molar refractivity (Wildman–Crippen MR) is 166 cm³/mol. The number of nitrogens with zero attached hydrogens (tertiary/aromatic N) is 1. The van der Waals surface area contributed by atoms with Gasteiger partial charge in [-0.05, 0) is 97.6 Å². The topological polar surface area (TPSA) is 113 Å². The first-order valence-electron chi connectivity index (χ1n) is 13.6. The van der Waals surface area contributed by atoms with Gasteiger partial charge in [-0.3, -0.25) is 4.57 Å². The fraction of sp³-hybridized carbons (Fsp3) is 0.219. The summed E-state index contributed by atoms with van der Waals surface area (Å²) in [5.74, 6) is -0.295. The molecule has 0 unspecified atom stereocenters. The molecule has 0 aromatic heterocycles. The molecule has 4 aromatic carbocycles. The number of anilines is 1. The maximum absolute atomic E-state index is 13.3. The van der Waals surface area contributed by atoms with E-state index in [0.29, 0.717) is 46.6 Å². The summed E-state index contributed by atoms with van der Waals surface area (Å²) in [6.45, 7) is 2.05. The highest BCUT2D eigenvalue weighted by atomic mass is 32.1. The number of benzene rings is 4. The molecule has 1 aliphatic rings. The van der Waals surface area contributed by atoms with Gasteiger partial charge < -0.3 is 30.2 Å². The van der Waals surface area contributed by atoms with Crippen molar-refractivity contribution in [3.8, 4) is 16.9 Å². The van der Waals surface area contributed by atoms with Crippen LogP contribution in [0.25, 0.3) is 11.1 Å². The van der Waals surface area contributed by atoms with Gasteiger partial charge in [0.15, 0.2) is 5.11 Å². The molecule has 0 amide bonds. The van der Waals surface area contributed by atoms with Gasteiger partial charge in [0.1, 0.15) is 11.6 Å². The highest BCUT2D eigenvalue weighted by Gasteiger charge is 2.48. The van der Waals surface area contributed by atoms with E-state index in [-0.39, 0.29) is 22.9 Å². The van der Waals surface area contributed by atoms with Gasteiger partial charge in [-0.25, -0.2) is 4.39 Å². The number of rotatable bonds is 9. The molecular formula is C32H32FN2O5PS. The van der Waals surface area contributed by atoms with Gasteiger partial charge in [0, 0.05) is 11.3 Å². The second-order valence-corrected chi connectivity index (χ2v) is 12.8. The van der Waals surface area contributed by atoms with Crippen molar-refractivity contribution >= 4 is 35.9 Å². The van der Waals surface area contributed by atoms with Crippen molar-refractivity contribution in [3.05, 3.63) is 114 Å². The molecule has 5 N–H and O–H groups in total. The van der Waals surface area contributed by atoms with Crippen LogP contribution in [0.1, 0.15) is 49.5 Å². The zero-order chi connectivity index (χ0) is 30.1. The van der Waals surface area contributed by atoms with E-state index in [1.54, 1.807) is 30.3 Å². The fourth-order valence-corrected chi connectivity index (χ4v) is 6.61. The standard InChI is InChI=1S/C32H32FN2O5PS/c1-32(19-5-8-28(36)22-9-14-24(33)15-10-22)30(35(31(42)34-32)25-6-3-2-4-7-25)27-18-13-23(20-29(27)37)21-11-16-26(17-12-21)41(38,39)40/h2-4,6-7,9-18,20,28,30,36-37H,5,8,19H2,1H3,(H,34,42)(H2,38,39,40)/t28-,30-,32-/m1/s1. The summed E-state index contributed by atoms with van der Waals surface area (Å²) in [4.78, 5) is 20.8. The lowest BCUT2D eigenvalue weighted by Gasteiger charge is -2.35. The number of hydrogen-bond acceptors (Lipinski definition) is 4. The molecule has 10 heteroatoms.